The van der Waals surface area contributed by atoms with Crippen LogP contribution in [0.2, 0.25) is 0 Å². The van der Waals surface area contributed by atoms with Crippen molar-refractivity contribution >= 4 is 17.7 Å². The number of likely N-dealkylation sites (tertiary alicyclic amines) is 1. The van der Waals surface area contributed by atoms with Gasteiger partial charge >= 0.3 is 6.03 Å². The van der Waals surface area contributed by atoms with Crippen LogP contribution in [-0.4, -0.2) is 66.1 Å². The molecule has 8 nitrogen and oxygen atoms in total. The van der Waals surface area contributed by atoms with Crippen LogP contribution < -0.4 is 15.4 Å². The summed E-state index contributed by atoms with van der Waals surface area (Å²) in [5.41, 5.74) is -1.16. The molecule has 1 saturated carbocycles. The summed E-state index contributed by atoms with van der Waals surface area (Å²) in [6, 6.07) is 4.10. The molecule has 2 saturated heterocycles. The molecule has 0 radical (unpaired) electrons. The molecule has 0 unspecified atom stereocenters. The van der Waals surface area contributed by atoms with Crippen molar-refractivity contribution in [2.24, 2.45) is 5.92 Å². The van der Waals surface area contributed by atoms with Gasteiger partial charge in [0.15, 0.2) is 5.78 Å². The molecular formula is C23H29N3O5. The van der Waals surface area contributed by atoms with E-state index in [1.807, 2.05) is 0 Å². The Bertz CT molecular complexity index is 945. The smallest absolute Gasteiger partial charge is 0.321 e. The fourth-order valence-corrected chi connectivity index (χ4v) is 5.99. The van der Waals surface area contributed by atoms with E-state index >= 15 is 0 Å². The molecule has 2 bridgehead atoms. The lowest BCUT2D eigenvalue weighted by atomic mass is 9.51. The topological polar surface area (TPSA) is 108 Å². The first kappa shape index (κ1) is 20.5. The van der Waals surface area contributed by atoms with Crippen LogP contribution in [0.3, 0.4) is 0 Å². The van der Waals surface area contributed by atoms with Crippen LogP contribution in [-0.2, 0) is 10.2 Å². The molecule has 3 fully saturated rings. The van der Waals surface area contributed by atoms with E-state index in [0.717, 1.165) is 19.4 Å². The number of urea groups is 1. The molecule has 3 amide bonds. The van der Waals surface area contributed by atoms with Gasteiger partial charge in [-0.3, -0.25) is 19.8 Å². The predicted octanol–water partition coefficient (Wildman–Crippen LogP) is 1.35. The van der Waals surface area contributed by atoms with Crippen molar-refractivity contribution in [3.05, 3.63) is 29.3 Å². The van der Waals surface area contributed by atoms with Gasteiger partial charge < -0.3 is 15.2 Å². The zero-order valence-corrected chi connectivity index (χ0v) is 17.8. The number of amides is 3. The Kier molecular flexibility index (Phi) is 4.82. The van der Waals surface area contributed by atoms with Gasteiger partial charge in [0.2, 0.25) is 5.91 Å². The second kappa shape index (κ2) is 7.31. The predicted molar refractivity (Wildman–Crippen MR) is 112 cm³/mol. The normalized spacial score (nSPS) is 33.6. The van der Waals surface area contributed by atoms with Gasteiger partial charge in [-0.1, -0.05) is 0 Å². The number of piperidine rings is 1. The highest BCUT2D eigenvalue weighted by Gasteiger charge is 2.66. The van der Waals surface area contributed by atoms with Gasteiger partial charge in [-0.15, -0.1) is 0 Å². The Morgan fingerprint density at radius 3 is 2.77 bits per heavy atom. The first-order valence-electron chi connectivity index (χ1n) is 11.1. The summed E-state index contributed by atoms with van der Waals surface area (Å²) in [5.74, 6) is 0.619. The molecular weight excluding hydrogens is 398 g/mol. The summed E-state index contributed by atoms with van der Waals surface area (Å²) in [7, 11) is 1.56. The van der Waals surface area contributed by atoms with Crippen molar-refractivity contribution < 1.29 is 24.2 Å². The van der Waals surface area contributed by atoms with E-state index < -0.39 is 29.0 Å². The van der Waals surface area contributed by atoms with Gasteiger partial charge in [0, 0.05) is 30.5 Å². The fraction of sp³-hybridized carbons (Fsp3) is 0.609. The summed E-state index contributed by atoms with van der Waals surface area (Å²) in [6.07, 6.45) is 3.63. The number of rotatable bonds is 3. The van der Waals surface area contributed by atoms with Gasteiger partial charge in [0.05, 0.1) is 12.7 Å². The van der Waals surface area contributed by atoms with Crippen LogP contribution in [0.5, 0.6) is 5.75 Å². The van der Waals surface area contributed by atoms with Crippen LogP contribution >= 0.6 is 0 Å². The number of methoxy groups -OCH3 is 1. The van der Waals surface area contributed by atoms with Crippen LogP contribution in [0.1, 0.15) is 54.4 Å². The average molecular weight is 428 g/mol. The molecule has 2 aliphatic heterocycles. The Morgan fingerprint density at radius 2 is 2.03 bits per heavy atom. The van der Waals surface area contributed by atoms with E-state index in [1.54, 1.807) is 25.3 Å². The molecule has 0 aromatic heterocycles. The maximum Gasteiger partial charge on any atom is 0.321 e. The number of ketones is 1. The van der Waals surface area contributed by atoms with Gasteiger partial charge in [-0.25, -0.2) is 4.79 Å². The lowest BCUT2D eigenvalue weighted by Crippen LogP contribution is -2.74. The summed E-state index contributed by atoms with van der Waals surface area (Å²) in [5, 5.41) is 17.4. The molecule has 3 atom stereocenters. The number of nitrogens with one attached hydrogen (secondary N) is 2. The number of aliphatic hydroxyl groups is 1. The number of hydrogen-bond donors (Lipinski definition) is 3. The van der Waals surface area contributed by atoms with E-state index in [1.165, 1.54) is 0 Å². The number of fused-ring (bicyclic) bond motifs is 1. The summed E-state index contributed by atoms with van der Waals surface area (Å²) in [4.78, 5) is 40.8. The number of nitrogens with zero attached hydrogens (tertiary/aromatic N) is 1. The van der Waals surface area contributed by atoms with Crippen LogP contribution in [0.25, 0.3) is 0 Å². The van der Waals surface area contributed by atoms with Crippen molar-refractivity contribution in [3.8, 4) is 5.75 Å². The van der Waals surface area contributed by atoms with Gasteiger partial charge in [-0.2, -0.15) is 0 Å². The number of benzene rings is 1. The monoisotopic (exact) mass is 427 g/mol. The molecule has 8 heteroatoms. The quantitative estimate of drug-likeness (QED) is 0.672. The van der Waals surface area contributed by atoms with Gasteiger partial charge in [0.1, 0.15) is 11.8 Å². The van der Waals surface area contributed by atoms with Gasteiger partial charge in [-0.05, 0) is 68.3 Å². The molecule has 4 aliphatic rings. The van der Waals surface area contributed by atoms with E-state index in [0.29, 0.717) is 55.1 Å². The van der Waals surface area contributed by atoms with E-state index in [2.05, 4.69) is 15.5 Å². The summed E-state index contributed by atoms with van der Waals surface area (Å²) in [6.45, 7) is 1.75. The minimum Gasteiger partial charge on any atom is -0.497 e. The molecule has 2 heterocycles. The molecule has 3 N–H and O–H groups in total. The number of hydrogen-bond acceptors (Lipinski definition) is 6. The highest BCUT2D eigenvalue weighted by molar-refractivity contribution is 6.05. The Morgan fingerprint density at radius 1 is 1.23 bits per heavy atom. The van der Waals surface area contributed by atoms with Crippen molar-refractivity contribution in [1.82, 2.24) is 15.5 Å². The minimum absolute atomic E-state index is 0.0574. The zero-order valence-electron chi connectivity index (χ0n) is 17.8. The fourth-order valence-electron chi connectivity index (χ4n) is 5.99. The second-order valence-electron chi connectivity index (χ2n) is 9.46. The molecule has 166 valence electrons. The van der Waals surface area contributed by atoms with E-state index in [-0.39, 0.29) is 12.2 Å². The van der Waals surface area contributed by atoms with Crippen LogP contribution in [0.15, 0.2) is 18.2 Å². The first-order chi connectivity index (χ1) is 14.9. The number of ether oxygens (including phenoxy) is 1. The highest BCUT2D eigenvalue weighted by Crippen LogP contribution is 2.56. The third-order valence-electron chi connectivity index (χ3n) is 7.65. The third-order valence-corrected chi connectivity index (χ3v) is 7.65. The zero-order chi connectivity index (χ0) is 21.8. The molecule has 31 heavy (non-hydrogen) atoms. The second-order valence-corrected chi connectivity index (χ2v) is 9.46. The lowest BCUT2D eigenvalue weighted by Gasteiger charge is -2.61. The minimum atomic E-state index is -1.41. The largest absolute Gasteiger partial charge is 0.497 e. The third kappa shape index (κ3) is 3.15. The Balaban J connectivity index is 1.69. The number of imide groups is 1. The molecule has 5 rings (SSSR count). The molecule has 2 aliphatic carbocycles. The van der Waals surface area contributed by atoms with Crippen LogP contribution in [0, 0.1) is 5.92 Å². The van der Waals surface area contributed by atoms with Gasteiger partial charge in [0.25, 0.3) is 0 Å². The highest BCUT2D eigenvalue weighted by atomic mass is 16.5. The standard InChI is InChI=1S/C23H29N3O5/c1-31-15-5-6-16-17(11-15)22-8-10-26(13-14-3-4-14)20(19(16)28)23(22,30)7-2-9-24-21(29)25-18(27)12-22/h5-6,11,14,20,30H,2-4,7-10,12-13H2,1H3,(H2,24,25,27,29)/t20-,22-,23-/m1/s1. The molecule has 1 aromatic rings. The Labute approximate surface area is 181 Å². The maximum atomic E-state index is 13.8. The van der Waals surface area contributed by atoms with Crippen LogP contribution in [0.4, 0.5) is 4.79 Å². The average Bonchev–Trinajstić information content (AvgIpc) is 3.55. The van der Waals surface area contributed by atoms with Crippen molar-refractivity contribution in [1.29, 1.82) is 0 Å². The summed E-state index contributed by atoms with van der Waals surface area (Å²) < 4.78 is 5.42. The SMILES string of the molecule is COc1ccc2c(c1)[C@]13CCN(CC4CC4)[C@H](C2=O)[C@]1(O)CCCNC(=O)NC(=O)C3. The van der Waals surface area contributed by atoms with E-state index in [9.17, 15) is 19.5 Å². The number of Topliss-reactive ketones (excluding diaryl/α,β-unsaturated/α-hetero) is 1. The van der Waals surface area contributed by atoms with E-state index in [4.69, 9.17) is 4.74 Å². The number of carbonyl (C=O) groups excluding carboxylic acids is 3. The number of carbonyl (C=O) groups is 3. The maximum absolute atomic E-state index is 13.8. The Hall–Kier alpha value is -2.45. The van der Waals surface area contributed by atoms with Crippen molar-refractivity contribution in [2.45, 2.75) is 55.6 Å². The van der Waals surface area contributed by atoms with Crippen molar-refractivity contribution in [3.63, 3.8) is 0 Å². The first-order valence-corrected chi connectivity index (χ1v) is 11.1. The molecule has 1 aromatic carbocycles. The molecule has 0 spiro atoms. The lowest BCUT2D eigenvalue weighted by molar-refractivity contribution is -0.149. The summed E-state index contributed by atoms with van der Waals surface area (Å²) >= 11 is 0. The van der Waals surface area contributed by atoms with Crippen molar-refractivity contribution in [2.75, 3.05) is 26.7 Å².